The third-order valence-electron chi connectivity index (χ3n) is 3.24. The SMILES string of the molecule is CN(CCc1ccccn1)S(=O)(=O)c1ccccc1CO. The van der Waals surface area contributed by atoms with Gasteiger partial charge in [0, 0.05) is 31.9 Å². The summed E-state index contributed by atoms with van der Waals surface area (Å²) in [5.74, 6) is 0. The van der Waals surface area contributed by atoms with Gasteiger partial charge in [-0.05, 0) is 23.8 Å². The van der Waals surface area contributed by atoms with Crippen molar-refractivity contribution in [3.63, 3.8) is 0 Å². The summed E-state index contributed by atoms with van der Waals surface area (Å²) in [5, 5.41) is 9.28. The molecule has 1 aromatic carbocycles. The fourth-order valence-electron chi connectivity index (χ4n) is 1.99. The second kappa shape index (κ2) is 6.80. The summed E-state index contributed by atoms with van der Waals surface area (Å²) in [6.45, 7) is 0.0304. The lowest BCUT2D eigenvalue weighted by Crippen LogP contribution is -2.30. The molecule has 6 heteroatoms. The number of aliphatic hydroxyl groups excluding tert-OH is 1. The van der Waals surface area contributed by atoms with Crippen molar-refractivity contribution in [1.29, 1.82) is 0 Å². The first-order valence-corrected chi connectivity index (χ1v) is 8.04. The van der Waals surface area contributed by atoms with Crippen LogP contribution in [0.3, 0.4) is 0 Å². The summed E-state index contributed by atoms with van der Waals surface area (Å²) < 4.78 is 26.3. The van der Waals surface area contributed by atoms with Crippen molar-refractivity contribution < 1.29 is 13.5 Å². The maximum Gasteiger partial charge on any atom is 0.243 e. The van der Waals surface area contributed by atoms with E-state index in [0.717, 1.165) is 5.69 Å². The Labute approximate surface area is 124 Å². The van der Waals surface area contributed by atoms with Gasteiger partial charge in [-0.15, -0.1) is 0 Å². The molecule has 21 heavy (non-hydrogen) atoms. The number of pyridine rings is 1. The first kappa shape index (κ1) is 15.6. The van der Waals surface area contributed by atoms with E-state index in [1.54, 1.807) is 24.4 Å². The molecule has 1 heterocycles. The smallest absolute Gasteiger partial charge is 0.243 e. The monoisotopic (exact) mass is 306 g/mol. The van der Waals surface area contributed by atoms with Crippen molar-refractivity contribution >= 4 is 10.0 Å². The molecule has 0 saturated heterocycles. The molecule has 2 rings (SSSR count). The zero-order chi connectivity index (χ0) is 15.3. The Morgan fingerprint density at radius 2 is 1.86 bits per heavy atom. The highest BCUT2D eigenvalue weighted by Crippen LogP contribution is 2.19. The van der Waals surface area contributed by atoms with Crippen molar-refractivity contribution in [3.05, 3.63) is 59.9 Å². The normalized spacial score (nSPS) is 11.8. The number of likely N-dealkylation sites (N-methyl/N-ethyl adjacent to an activating group) is 1. The van der Waals surface area contributed by atoms with E-state index in [1.807, 2.05) is 18.2 Å². The van der Waals surface area contributed by atoms with Gasteiger partial charge in [0.05, 0.1) is 11.5 Å². The summed E-state index contributed by atoms with van der Waals surface area (Å²) in [4.78, 5) is 4.33. The minimum absolute atomic E-state index is 0.149. The molecule has 1 N–H and O–H groups in total. The number of hydrogen-bond donors (Lipinski definition) is 1. The molecule has 2 aromatic rings. The van der Waals surface area contributed by atoms with Crippen LogP contribution < -0.4 is 0 Å². The average Bonchev–Trinajstić information content (AvgIpc) is 2.53. The van der Waals surface area contributed by atoms with Crippen molar-refractivity contribution in [2.24, 2.45) is 0 Å². The molecule has 0 aliphatic heterocycles. The van der Waals surface area contributed by atoms with Gasteiger partial charge in [0.1, 0.15) is 0 Å². The van der Waals surface area contributed by atoms with E-state index in [9.17, 15) is 13.5 Å². The summed E-state index contributed by atoms with van der Waals surface area (Å²) in [6.07, 6.45) is 2.22. The van der Waals surface area contributed by atoms with Gasteiger partial charge < -0.3 is 5.11 Å². The summed E-state index contributed by atoms with van der Waals surface area (Å²) >= 11 is 0. The van der Waals surface area contributed by atoms with Crippen molar-refractivity contribution in [2.75, 3.05) is 13.6 Å². The van der Waals surface area contributed by atoms with Crippen LogP contribution in [-0.4, -0.2) is 36.4 Å². The Morgan fingerprint density at radius 1 is 1.14 bits per heavy atom. The van der Waals surface area contributed by atoms with Crippen LogP contribution in [-0.2, 0) is 23.1 Å². The van der Waals surface area contributed by atoms with E-state index in [1.165, 1.54) is 17.4 Å². The number of nitrogens with zero attached hydrogens (tertiary/aromatic N) is 2. The standard InChI is InChI=1S/C15H18N2O3S/c1-17(11-9-14-7-4-5-10-16-14)21(19,20)15-8-3-2-6-13(15)12-18/h2-8,10,18H,9,11-12H2,1H3. The summed E-state index contributed by atoms with van der Waals surface area (Å²) in [7, 11) is -2.07. The number of benzene rings is 1. The van der Waals surface area contributed by atoms with Gasteiger partial charge in [-0.1, -0.05) is 24.3 Å². The van der Waals surface area contributed by atoms with Crippen LogP contribution in [0.15, 0.2) is 53.6 Å². The molecule has 0 fully saturated rings. The van der Waals surface area contributed by atoms with Crippen molar-refractivity contribution in [3.8, 4) is 0 Å². The molecule has 0 bridgehead atoms. The minimum Gasteiger partial charge on any atom is -0.392 e. The van der Waals surface area contributed by atoms with E-state index in [4.69, 9.17) is 0 Å². The predicted molar refractivity (Wildman–Crippen MR) is 80.1 cm³/mol. The predicted octanol–water partition coefficient (Wildman–Crippen LogP) is 1.44. The van der Waals surface area contributed by atoms with E-state index in [-0.39, 0.29) is 11.5 Å². The number of hydrogen-bond acceptors (Lipinski definition) is 4. The lowest BCUT2D eigenvalue weighted by Gasteiger charge is -2.18. The van der Waals surface area contributed by atoms with Crippen LogP contribution >= 0.6 is 0 Å². The number of sulfonamides is 1. The lowest BCUT2D eigenvalue weighted by molar-refractivity contribution is 0.278. The molecule has 0 aliphatic rings. The molecule has 112 valence electrons. The van der Waals surface area contributed by atoms with Gasteiger partial charge in [0.2, 0.25) is 10.0 Å². The molecule has 1 aromatic heterocycles. The van der Waals surface area contributed by atoms with Gasteiger partial charge in [0.25, 0.3) is 0 Å². The van der Waals surface area contributed by atoms with Gasteiger partial charge in [-0.25, -0.2) is 12.7 Å². The van der Waals surface area contributed by atoms with E-state index in [2.05, 4.69) is 4.98 Å². The topological polar surface area (TPSA) is 70.5 Å². The van der Waals surface area contributed by atoms with E-state index >= 15 is 0 Å². The molecular weight excluding hydrogens is 288 g/mol. The first-order chi connectivity index (χ1) is 10.1. The molecule has 0 amide bonds. The minimum atomic E-state index is -3.61. The van der Waals surface area contributed by atoms with Crippen LogP contribution in [0.2, 0.25) is 0 Å². The van der Waals surface area contributed by atoms with Crippen LogP contribution in [0, 0.1) is 0 Å². The highest BCUT2D eigenvalue weighted by molar-refractivity contribution is 7.89. The zero-order valence-corrected chi connectivity index (χ0v) is 12.6. The van der Waals surface area contributed by atoms with Crippen molar-refractivity contribution in [1.82, 2.24) is 9.29 Å². The molecule has 0 radical (unpaired) electrons. The Hall–Kier alpha value is -1.76. The number of rotatable bonds is 6. The molecule has 5 nitrogen and oxygen atoms in total. The second-order valence-corrected chi connectivity index (χ2v) is 6.68. The molecule has 0 saturated carbocycles. The molecular formula is C15H18N2O3S. The van der Waals surface area contributed by atoms with Crippen LogP contribution in [0.4, 0.5) is 0 Å². The lowest BCUT2D eigenvalue weighted by atomic mass is 10.2. The summed E-state index contributed by atoms with van der Waals surface area (Å²) in [5.41, 5.74) is 1.25. The quantitative estimate of drug-likeness (QED) is 0.876. The van der Waals surface area contributed by atoms with Gasteiger partial charge >= 0.3 is 0 Å². The Bertz CT molecular complexity index is 687. The fourth-order valence-corrected chi connectivity index (χ4v) is 3.37. The maximum atomic E-state index is 12.5. The van der Waals surface area contributed by atoms with Crippen LogP contribution in [0.25, 0.3) is 0 Å². The fraction of sp³-hybridized carbons (Fsp3) is 0.267. The highest BCUT2D eigenvalue weighted by atomic mass is 32.2. The maximum absolute atomic E-state index is 12.5. The Balaban J connectivity index is 2.15. The van der Waals surface area contributed by atoms with Gasteiger partial charge in [-0.2, -0.15) is 0 Å². The van der Waals surface area contributed by atoms with Gasteiger partial charge in [0.15, 0.2) is 0 Å². The second-order valence-electron chi connectivity index (χ2n) is 4.66. The number of aliphatic hydroxyl groups is 1. The number of aromatic nitrogens is 1. The molecule has 0 unspecified atom stereocenters. The van der Waals surface area contributed by atoms with Crippen LogP contribution in [0.1, 0.15) is 11.3 Å². The van der Waals surface area contributed by atoms with Crippen LogP contribution in [0.5, 0.6) is 0 Å². The zero-order valence-electron chi connectivity index (χ0n) is 11.8. The first-order valence-electron chi connectivity index (χ1n) is 6.60. The van der Waals surface area contributed by atoms with Crippen molar-refractivity contribution in [2.45, 2.75) is 17.9 Å². The average molecular weight is 306 g/mol. The Kier molecular flexibility index (Phi) is 5.06. The third-order valence-corrected chi connectivity index (χ3v) is 5.20. The van der Waals surface area contributed by atoms with E-state index in [0.29, 0.717) is 18.5 Å². The molecule has 0 atom stereocenters. The largest absolute Gasteiger partial charge is 0.392 e. The molecule has 0 spiro atoms. The summed E-state index contributed by atoms with van der Waals surface area (Å²) in [6, 6.07) is 12.0. The van der Waals surface area contributed by atoms with E-state index < -0.39 is 10.0 Å². The van der Waals surface area contributed by atoms with Gasteiger partial charge in [-0.3, -0.25) is 4.98 Å². The highest BCUT2D eigenvalue weighted by Gasteiger charge is 2.23. The Morgan fingerprint density at radius 3 is 2.52 bits per heavy atom. The molecule has 0 aliphatic carbocycles. The third kappa shape index (κ3) is 3.66.